The number of fused-ring (bicyclic) bond motifs is 1. The van der Waals surface area contributed by atoms with Crippen molar-refractivity contribution in [2.75, 3.05) is 5.75 Å². The smallest absolute Gasteiger partial charge is 0.313 e. The monoisotopic (exact) mass is 534 g/mol. The van der Waals surface area contributed by atoms with E-state index in [-0.39, 0.29) is 5.56 Å². The van der Waals surface area contributed by atoms with Crippen LogP contribution in [0.1, 0.15) is 142 Å². The fraction of sp³-hybridized carbons (Fsp3) is 0.833. The van der Waals surface area contributed by atoms with Gasteiger partial charge in [0, 0.05) is 19.3 Å². The number of unbranched alkanes of at least 4 members (excludes halogenated alkanes) is 18. The highest BCUT2D eigenvalue weighted by atomic mass is 32.2. The summed E-state index contributed by atoms with van der Waals surface area (Å²) < 4.78 is 3.50. The Labute approximate surface area is 229 Å². The van der Waals surface area contributed by atoms with Gasteiger partial charge in [0.2, 0.25) is 0 Å². The Morgan fingerprint density at radius 3 is 1.65 bits per heavy atom. The van der Waals surface area contributed by atoms with Gasteiger partial charge in [0.25, 0.3) is 5.56 Å². The molecule has 1 N–H and O–H groups in total. The van der Waals surface area contributed by atoms with Crippen molar-refractivity contribution in [3.63, 3.8) is 0 Å². The summed E-state index contributed by atoms with van der Waals surface area (Å²) in [6.45, 7) is 5.26. The third-order valence-corrected chi connectivity index (χ3v) is 8.50. The van der Waals surface area contributed by atoms with E-state index >= 15 is 0 Å². The number of rotatable bonds is 23. The number of nitrogens with zero attached hydrogens (tertiary/aromatic N) is 3. The summed E-state index contributed by atoms with van der Waals surface area (Å²) in [5.74, 6) is 1.00. The third-order valence-electron chi connectivity index (χ3n) is 7.44. The number of imidazole rings is 1. The minimum atomic E-state index is -0.400. The van der Waals surface area contributed by atoms with Crippen molar-refractivity contribution < 1.29 is 0 Å². The van der Waals surface area contributed by atoms with Gasteiger partial charge in [0.15, 0.2) is 16.3 Å². The highest BCUT2D eigenvalue weighted by Gasteiger charge is 2.17. The molecule has 2 aromatic rings. The topological polar surface area (TPSA) is 72.7 Å². The molecule has 6 nitrogen and oxygen atoms in total. The quantitative estimate of drug-likeness (QED) is 0.115. The number of aryl methyl sites for hydroxylation is 2. The van der Waals surface area contributed by atoms with Crippen molar-refractivity contribution >= 4 is 22.9 Å². The molecule has 0 aliphatic heterocycles. The largest absolute Gasteiger partial charge is 0.329 e. The molecule has 0 unspecified atom stereocenters. The minimum absolute atomic E-state index is 0.324. The van der Waals surface area contributed by atoms with E-state index in [4.69, 9.17) is 4.98 Å². The van der Waals surface area contributed by atoms with E-state index in [1.54, 1.807) is 18.8 Å². The SMILES string of the molecule is CCCCCCCCCCCCCCCCCCSc1nc2c(c(=O)[nH]c(=O)n2C)n1CCCCCC. The Hall–Kier alpha value is -1.50. The first-order valence-electron chi connectivity index (χ1n) is 15.4. The van der Waals surface area contributed by atoms with Crippen LogP contribution in [0.5, 0.6) is 0 Å². The first-order chi connectivity index (χ1) is 18.1. The molecule has 0 aliphatic rings. The Kier molecular flexibility index (Phi) is 16.8. The summed E-state index contributed by atoms with van der Waals surface area (Å²) in [5, 5.41) is 0.874. The zero-order valence-corrected chi connectivity index (χ0v) is 24.9. The highest BCUT2D eigenvalue weighted by molar-refractivity contribution is 7.99. The van der Waals surface area contributed by atoms with E-state index in [0.29, 0.717) is 11.2 Å². The van der Waals surface area contributed by atoms with E-state index in [2.05, 4.69) is 18.8 Å². The maximum absolute atomic E-state index is 12.6. The van der Waals surface area contributed by atoms with E-state index in [1.807, 2.05) is 4.57 Å². The third kappa shape index (κ3) is 11.8. The summed E-state index contributed by atoms with van der Waals surface area (Å²) in [7, 11) is 1.68. The van der Waals surface area contributed by atoms with Gasteiger partial charge < -0.3 is 4.57 Å². The van der Waals surface area contributed by atoms with Gasteiger partial charge in [-0.05, 0) is 12.8 Å². The lowest BCUT2D eigenvalue weighted by Gasteiger charge is -2.08. The van der Waals surface area contributed by atoms with Crippen LogP contribution < -0.4 is 11.2 Å². The number of hydrogen-bond acceptors (Lipinski definition) is 4. The van der Waals surface area contributed by atoms with E-state index in [1.165, 1.54) is 114 Å². The second kappa shape index (κ2) is 19.6. The van der Waals surface area contributed by atoms with Gasteiger partial charge >= 0.3 is 5.69 Å². The van der Waals surface area contributed by atoms with E-state index in [0.717, 1.165) is 36.7 Å². The van der Waals surface area contributed by atoms with Gasteiger partial charge in [-0.3, -0.25) is 14.3 Å². The first kappa shape index (κ1) is 31.7. The van der Waals surface area contributed by atoms with Crippen molar-refractivity contribution in [2.45, 2.75) is 154 Å². The van der Waals surface area contributed by atoms with Crippen LogP contribution in [0.25, 0.3) is 11.2 Å². The van der Waals surface area contributed by atoms with Crippen LogP contribution in [-0.4, -0.2) is 24.9 Å². The molecule has 2 aromatic heterocycles. The predicted molar refractivity (Wildman–Crippen MR) is 160 cm³/mol. The normalized spacial score (nSPS) is 11.6. The van der Waals surface area contributed by atoms with Crippen molar-refractivity contribution in [3.8, 4) is 0 Å². The molecular formula is C30H54N4O2S. The van der Waals surface area contributed by atoms with Crippen LogP contribution >= 0.6 is 11.8 Å². The highest BCUT2D eigenvalue weighted by Crippen LogP contribution is 2.24. The minimum Gasteiger partial charge on any atom is -0.313 e. The fourth-order valence-corrected chi connectivity index (χ4v) is 6.06. The maximum atomic E-state index is 12.6. The fourth-order valence-electron chi connectivity index (χ4n) is 5.04. The molecule has 0 atom stereocenters. The summed E-state index contributed by atoms with van der Waals surface area (Å²) in [5.41, 5.74) is 0.310. The number of nitrogens with one attached hydrogen (secondary N) is 1. The number of aromatic amines is 1. The van der Waals surface area contributed by atoms with Crippen molar-refractivity contribution in [3.05, 3.63) is 20.8 Å². The molecule has 7 heteroatoms. The average molecular weight is 535 g/mol. The molecule has 0 radical (unpaired) electrons. The first-order valence-corrected chi connectivity index (χ1v) is 16.4. The molecule has 2 heterocycles. The van der Waals surface area contributed by atoms with E-state index in [9.17, 15) is 9.59 Å². The molecule has 0 fully saturated rings. The Balaban J connectivity index is 1.62. The molecule has 0 aromatic carbocycles. The zero-order valence-electron chi connectivity index (χ0n) is 24.1. The molecule has 0 saturated carbocycles. The average Bonchev–Trinajstić information content (AvgIpc) is 3.26. The molecule has 0 aliphatic carbocycles. The number of thioether (sulfide) groups is 1. The van der Waals surface area contributed by atoms with Gasteiger partial charge in [-0.25, -0.2) is 9.78 Å². The second-order valence-electron chi connectivity index (χ2n) is 10.7. The Morgan fingerprint density at radius 2 is 1.14 bits per heavy atom. The van der Waals surface area contributed by atoms with Crippen LogP contribution in [0.15, 0.2) is 14.7 Å². The number of H-pyrrole nitrogens is 1. The summed E-state index contributed by atoms with van der Waals surface area (Å²) in [6.07, 6.45) is 26.5. The van der Waals surface area contributed by atoms with Crippen LogP contribution in [-0.2, 0) is 13.6 Å². The van der Waals surface area contributed by atoms with Crippen LogP contribution in [0, 0.1) is 0 Å². The zero-order chi connectivity index (χ0) is 26.7. The van der Waals surface area contributed by atoms with Crippen molar-refractivity contribution in [2.24, 2.45) is 7.05 Å². The summed E-state index contributed by atoms with van der Waals surface area (Å²) >= 11 is 1.73. The number of hydrogen-bond donors (Lipinski definition) is 1. The van der Waals surface area contributed by atoms with Gasteiger partial charge in [0.1, 0.15) is 0 Å². The summed E-state index contributed by atoms with van der Waals surface area (Å²) in [6, 6.07) is 0. The van der Waals surface area contributed by atoms with Gasteiger partial charge in [0.05, 0.1) is 0 Å². The van der Waals surface area contributed by atoms with Crippen LogP contribution in [0.3, 0.4) is 0 Å². The van der Waals surface area contributed by atoms with Crippen LogP contribution in [0.4, 0.5) is 0 Å². The van der Waals surface area contributed by atoms with Gasteiger partial charge in [-0.2, -0.15) is 0 Å². The second-order valence-corrected chi connectivity index (χ2v) is 11.8. The molecular weight excluding hydrogens is 480 g/mol. The molecule has 0 saturated heterocycles. The molecule has 37 heavy (non-hydrogen) atoms. The maximum Gasteiger partial charge on any atom is 0.329 e. The Bertz CT molecular complexity index is 978. The van der Waals surface area contributed by atoms with Crippen molar-refractivity contribution in [1.82, 2.24) is 19.1 Å². The molecule has 0 amide bonds. The number of aromatic nitrogens is 4. The van der Waals surface area contributed by atoms with E-state index < -0.39 is 5.69 Å². The van der Waals surface area contributed by atoms with Gasteiger partial charge in [-0.1, -0.05) is 141 Å². The lowest BCUT2D eigenvalue weighted by atomic mass is 10.0. The Morgan fingerprint density at radius 1 is 0.676 bits per heavy atom. The molecule has 212 valence electrons. The van der Waals surface area contributed by atoms with Crippen LogP contribution in [0.2, 0.25) is 0 Å². The predicted octanol–water partition coefficient (Wildman–Crippen LogP) is 8.36. The lowest BCUT2D eigenvalue weighted by Crippen LogP contribution is -2.29. The lowest BCUT2D eigenvalue weighted by molar-refractivity contribution is 0.531. The van der Waals surface area contributed by atoms with Gasteiger partial charge in [-0.15, -0.1) is 0 Å². The summed E-state index contributed by atoms with van der Waals surface area (Å²) in [4.78, 5) is 31.8. The van der Waals surface area contributed by atoms with Crippen molar-refractivity contribution in [1.29, 1.82) is 0 Å². The molecule has 2 rings (SSSR count). The molecule has 0 spiro atoms. The molecule has 0 bridgehead atoms. The standard InChI is InChI=1S/C30H54N4O2S/c1-4-6-8-10-11-12-13-14-15-16-17-18-19-20-21-23-25-37-30-31-27-26(28(35)32-29(36)33(27)3)34(30)24-22-9-7-5-2/h4-25H2,1-3H3,(H,32,35,36).